The SMILES string of the molecule is C=C[C@]1(O)CCC2C3C(CCC21C)C1CCC(=O)C=C1C[C@H]3C. The van der Waals surface area contributed by atoms with Crippen LogP contribution in [0.2, 0.25) is 0 Å². The Morgan fingerprint density at radius 2 is 2.09 bits per heavy atom. The third kappa shape index (κ3) is 2.00. The molecule has 0 radical (unpaired) electrons. The van der Waals surface area contributed by atoms with E-state index >= 15 is 0 Å². The molecule has 4 rings (SSSR count). The zero-order valence-electron chi connectivity index (χ0n) is 14.6. The Morgan fingerprint density at radius 1 is 1.30 bits per heavy atom. The number of fused-ring (bicyclic) bond motifs is 5. The number of rotatable bonds is 1. The molecule has 0 aromatic heterocycles. The molecular formula is C21H30O2. The van der Waals surface area contributed by atoms with Crippen molar-refractivity contribution in [2.45, 2.75) is 64.4 Å². The minimum Gasteiger partial charge on any atom is -0.385 e. The van der Waals surface area contributed by atoms with E-state index in [-0.39, 0.29) is 5.41 Å². The van der Waals surface area contributed by atoms with Crippen molar-refractivity contribution in [3.8, 4) is 0 Å². The van der Waals surface area contributed by atoms with E-state index in [0.29, 0.717) is 29.5 Å². The van der Waals surface area contributed by atoms with Crippen molar-refractivity contribution in [3.63, 3.8) is 0 Å². The van der Waals surface area contributed by atoms with Crippen LogP contribution in [0, 0.1) is 35.0 Å². The van der Waals surface area contributed by atoms with Gasteiger partial charge in [-0.1, -0.05) is 25.5 Å². The van der Waals surface area contributed by atoms with Crippen LogP contribution in [0.25, 0.3) is 0 Å². The predicted octanol–water partition coefficient (Wildman–Crippen LogP) is 4.29. The lowest BCUT2D eigenvalue weighted by Crippen LogP contribution is -2.53. The number of hydrogen-bond acceptors (Lipinski definition) is 2. The highest BCUT2D eigenvalue weighted by atomic mass is 16.3. The molecular weight excluding hydrogens is 284 g/mol. The number of aliphatic hydroxyl groups is 1. The topological polar surface area (TPSA) is 37.3 Å². The molecule has 3 saturated carbocycles. The molecule has 23 heavy (non-hydrogen) atoms. The summed E-state index contributed by atoms with van der Waals surface area (Å²) >= 11 is 0. The molecule has 0 aromatic carbocycles. The van der Waals surface area contributed by atoms with Crippen LogP contribution in [0.5, 0.6) is 0 Å². The second-order valence-electron chi connectivity index (χ2n) is 8.98. The van der Waals surface area contributed by atoms with Crippen LogP contribution in [0.15, 0.2) is 24.3 Å². The fraction of sp³-hybridized carbons (Fsp3) is 0.762. The molecule has 7 atom stereocenters. The lowest BCUT2D eigenvalue weighted by atomic mass is 9.48. The van der Waals surface area contributed by atoms with Crippen molar-refractivity contribution in [1.82, 2.24) is 0 Å². The molecule has 0 spiro atoms. The van der Waals surface area contributed by atoms with Gasteiger partial charge in [0.15, 0.2) is 5.78 Å². The summed E-state index contributed by atoms with van der Waals surface area (Å²) in [5.41, 5.74) is 0.757. The quantitative estimate of drug-likeness (QED) is 0.733. The number of carbonyl (C=O) groups is 1. The van der Waals surface area contributed by atoms with Gasteiger partial charge in [0.05, 0.1) is 5.60 Å². The van der Waals surface area contributed by atoms with Crippen LogP contribution in [-0.4, -0.2) is 16.5 Å². The lowest BCUT2D eigenvalue weighted by Gasteiger charge is -2.57. The Balaban J connectivity index is 1.70. The molecule has 5 unspecified atom stereocenters. The molecule has 0 saturated heterocycles. The second kappa shape index (κ2) is 5.05. The van der Waals surface area contributed by atoms with Crippen molar-refractivity contribution in [1.29, 1.82) is 0 Å². The second-order valence-corrected chi connectivity index (χ2v) is 8.98. The van der Waals surface area contributed by atoms with Crippen LogP contribution in [0.4, 0.5) is 0 Å². The predicted molar refractivity (Wildman–Crippen MR) is 91.8 cm³/mol. The summed E-state index contributed by atoms with van der Waals surface area (Å²) in [6.45, 7) is 8.64. The normalized spacial score (nSPS) is 52.2. The molecule has 0 bridgehead atoms. The maximum absolute atomic E-state index is 11.8. The highest BCUT2D eigenvalue weighted by Gasteiger charge is 2.62. The largest absolute Gasteiger partial charge is 0.385 e. The molecule has 0 amide bonds. The van der Waals surface area contributed by atoms with E-state index < -0.39 is 5.60 Å². The molecule has 4 aliphatic rings. The van der Waals surface area contributed by atoms with Crippen molar-refractivity contribution < 1.29 is 9.90 Å². The highest BCUT2D eigenvalue weighted by molar-refractivity contribution is 5.91. The molecule has 0 aliphatic heterocycles. The van der Waals surface area contributed by atoms with Gasteiger partial charge in [0, 0.05) is 11.8 Å². The van der Waals surface area contributed by atoms with Crippen molar-refractivity contribution in [2.75, 3.05) is 0 Å². The fourth-order valence-electron chi connectivity index (χ4n) is 6.98. The van der Waals surface area contributed by atoms with Gasteiger partial charge < -0.3 is 5.11 Å². The van der Waals surface area contributed by atoms with E-state index in [2.05, 4.69) is 20.4 Å². The van der Waals surface area contributed by atoms with Gasteiger partial charge in [-0.15, -0.1) is 6.58 Å². The van der Waals surface area contributed by atoms with Gasteiger partial charge in [-0.2, -0.15) is 0 Å². The number of allylic oxidation sites excluding steroid dienone is 1. The minimum atomic E-state index is -0.680. The third-order valence-corrected chi connectivity index (χ3v) is 8.19. The maximum atomic E-state index is 11.8. The first kappa shape index (κ1) is 15.6. The molecule has 2 nitrogen and oxygen atoms in total. The van der Waals surface area contributed by atoms with Crippen LogP contribution in [-0.2, 0) is 4.79 Å². The first-order chi connectivity index (χ1) is 10.9. The average molecular weight is 314 g/mol. The smallest absolute Gasteiger partial charge is 0.155 e. The summed E-state index contributed by atoms with van der Waals surface area (Å²) in [5.74, 6) is 3.64. The Labute approximate surface area is 140 Å². The number of carbonyl (C=O) groups excluding carboxylic acids is 1. The van der Waals surface area contributed by atoms with Crippen LogP contribution in [0.1, 0.15) is 58.8 Å². The van der Waals surface area contributed by atoms with E-state index in [1.54, 1.807) is 0 Å². The van der Waals surface area contributed by atoms with E-state index in [0.717, 1.165) is 44.4 Å². The molecule has 0 heterocycles. The Morgan fingerprint density at radius 3 is 2.83 bits per heavy atom. The van der Waals surface area contributed by atoms with Crippen LogP contribution in [0.3, 0.4) is 0 Å². The number of hydrogen-bond donors (Lipinski definition) is 1. The maximum Gasteiger partial charge on any atom is 0.155 e. The van der Waals surface area contributed by atoms with Crippen molar-refractivity contribution >= 4 is 5.78 Å². The van der Waals surface area contributed by atoms with Gasteiger partial charge in [-0.3, -0.25) is 4.79 Å². The lowest BCUT2D eigenvalue weighted by molar-refractivity contribution is -0.118. The Kier molecular flexibility index (Phi) is 3.43. The standard InChI is InChI=1S/C21H30O2/c1-4-21(23)10-8-18-19-13(2)11-14-12-15(22)5-6-16(14)17(19)7-9-20(18,21)3/h4,12-13,16-19,23H,1,5-11H2,2-3H3/t13-,16?,17?,18?,19?,20?,21+/m1/s1. The van der Waals surface area contributed by atoms with Crippen LogP contribution < -0.4 is 0 Å². The summed E-state index contributed by atoms with van der Waals surface area (Å²) in [5, 5.41) is 11.1. The fourth-order valence-corrected chi connectivity index (χ4v) is 6.98. The summed E-state index contributed by atoms with van der Waals surface area (Å²) in [4.78, 5) is 11.8. The van der Waals surface area contributed by atoms with Gasteiger partial charge >= 0.3 is 0 Å². The van der Waals surface area contributed by atoms with Gasteiger partial charge in [0.25, 0.3) is 0 Å². The van der Waals surface area contributed by atoms with Crippen LogP contribution >= 0.6 is 0 Å². The minimum absolute atomic E-state index is 0.00409. The molecule has 126 valence electrons. The molecule has 3 fully saturated rings. The van der Waals surface area contributed by atoms with E-state index in [9.17, 15) is 9.90 Å². The summed E-state index contributed by atoms with van der Waals surface area (Å²) < 4.78 is 0. The van der Waals surface area contributed by atoms with Gasteiger partial charge in [-0.25, -0.2) is 0 Å². The molecule has 0 aromatic rings. The van der Waals surface area contributed by atoms with Gasteiger partial charge in [-0.05, 0) is 74.2 Å². The van der Waals surface area contributed by atoms with E-state index in [4.69, 9.17) is 0 Å². The van der Waals surface area contributed by atoms with E-state index in [1.807, 2.05) is 12.2 Å². The molecule has 1 N–H and O–H groups in total. The van der Waals surface area contributed by atoms with Gasteiger partial charge in [0.1, 0.15) is 0 Å². The van der Waals surface area contributed by atoms with Crippen molar-refractivity contribution in [2.24, 2.45) is 35.0 Å². The molecule has 2 heteroatoms. The van der Waals surface area contributed by atoms with Gasteiger partial charge in [0.2, 0.25) is 0 Å². The molecule has 4 aliphatic carbocycles. The zero-order valence-corrected chi connectivity index (χ0v) is 14.6. The first-order valence-electron chi connectivity index (χ1n) is 9.49. The Hall–Kier alpha value is -0.890. The highest BCUT2D eigenvalue weighted by Crippen LogP contribution is 2.66. The third-order valence-electron chi connectivity index (χ3n) is 8.19. The Bertz CT molecular complexity index is 576. The first-order valence-corrected chi connectivity index (χ1v) is 9.49. The average Bonchev–Trinajstić information content (AvgIpc) is 2.79. The zero-order chi connectivity index (χ0) is 16.4. The van der Waals surface area contributed by atoms with Crippen molar-refractivity contribution in [3.05, 3.63) is 24.3 Å². The summed E-state index contributed by atoms with van der Waals surface area (Å²) in [6, 6.07) is 0. The number of ketones is 1. The monoisotopic (exact) mass is 314 g/mol. The van der Waals surface area contributed by atoms with E-state index in [1.165, 1.54) is 12.0 Å². The summed E-state index contributed by atoms with van der Waals surface area (Å²) in [6.07, 6.45) is 11.0. The summed E-state index contributed by atoms with van der Waals surface area (Å²) in [7, 11) is 0.